The zero-order chi connectivity index (χ0) is 18.4. The Kier molecular flexibility index (Phi) is 5.62. The van der Waals surface area contributed by atoms with Gasteiger partial charge >= 0.3 is 11.7 Å². The average Bonchev–Trinajstić information content (AvgIpc) is 2.56. The normalized spacial score (nSPS) is 10.1. The monoisotopic (exact) mass is 345 g/mol. The third-order valence-electron chi connectivity index (χ3n) is 3.18. The standard InChI is InChI=1S/C16H15N3O6/c1-2-4-16(20)25-15-8-7-12(10-14(15)19(23)24)17-11-5-3-6-13(9-11)18(21)22/h3,5-10,17H,2,4H2,1H3. The van der Waals surface area contributed by atoms with Gasteiger partial charge in [-0.3, -0.25) is 25.0 Å². The lowest BCUT2D eigenvalue weighted by atomic mass is 10.2. The van der Waals surface area contributed by atoms with E-state index >= 15 is 0 Å². The molecule has 0 unspecified atom stereocenters. The van der Waals surface area contributed by atoms with E-state index in [1.807, 2.05) is 0 Å². The van der Waals surface area contributed by atoms with Gasteiger partial charge < -0.3 is 10.1 Å². The van der Waals surface area contributed by atoms with Gasteiger partial charge in [0.1, 0.15) is 0 Å². The van der Waals surface area contributed by atoms with Crippen LogP contribution in [0.3, 0.4) is 0 Å². The number of ether oxygens (including phenoxy) is 1. The molecule has 0 fully saturated rings. The van der Waals surface area contributed by atoms with Crippen molar-refractivity contribution in [3.8, 4) is 5.75 Å². The number of nitro groups is 2. The number of anilines is 2. The van der Waals surface area contributed by atoms with Crippen molar-refractivity contribution >= 4 is 28.7 Å². The molecule has 0 aliphatic heterocycles. The number of nitro benzene ring substituents is 2. The number of non-ortho nitro benzene ring substituents is 1. The van der Waals surface area contributed by atoms with Crippen molar-refractivity contribution in [3.63, 3.8) is 0 Å². The summed E-state index contributed by atoms with van der Waals surface area (Å²) in [6, 6.07) is 9.73. The van der Waals surface area contributed by atoms with Gasteiger partial charge in [-0.15, -0.1) is 0 Å². The number of carbonyl (C=O) groups excluding carboxylic acids is 1. The first-order chi connectivity index (χ1) is 11.9. The highest BCUT2D eigenvalue weighted by molar-refractivity contribution is 5.75. The van der Waals surface area contributed by atoms with E-state index < -0.39 is 15.8 Å². The molecule has 9 nitrogen and oxygen atoms in total. The van der Waals surface area contributed by atoms with Crippen LogP contribution in [0.2, 0.25) is 0 Å². The average molecular weight is 345 g/mol. The summed E-state index contributed by atoms with van der Waals surface area (Å²) in [4.78, 5) is 32.3. The first-order valence-electron chi connectivity index (χ1n) is 7.41. The number of hydrogen-bond acceptors (Lipinski definition) is 7. The van der Waals surface area contributed by atoms with Gasteiger partial charge in [-0.1, -0.05) is 13.0 Å². The van der Waals surface area contributed by atoms with Crippen molar-refractivity contribution in [2.45, 2.75) is 19.8 Å². The van der Waals surface area contributed by atoms with Crippen LogP contribution in [0, 0.1) is 20.2 Å². The van der Waals surface area contributed by atoms with E-state index in [9.17, 15) is 25.0 Å². The van der Waals surface area contributed by atoms with E-state index in [0.29, 0.717) is 17.8 Å². The molecule has 0 bridgehead atoms. The largest absolute Gasteiger partial charge is 0.419 e. The summed E-state index contributed by atoms with van der Waals surface area (Å²) in [5.41, 5.74) is 0.256. The van der Waals surface area contributed by atoms with Gasteiger partial charge in [-0.25, -0.2) is 0 Å². The summed E-state index contributed by atoms with van der Waals surface area (Å²) in [6.45, 7) is 1.79. The summed E-state index contributed by atoms with van der Waals surface area (Å²) < 4.78 is 5.01. The molecule has 0 saturated heterocycles. The van der Waals surface area contributed by atoms with Crippen LogP contribution in [0.15, 0.2) is 42.5 Å². The minimum Gasteiger partial charge on any atom is -0.419 e. The Balaban J connectivity index is 2.26. The van der Waals surface area contributed by atoms with Crippen LogP contribution >= 0.6 is 0 Å². The smallest absolute Gasteiger partial charge is 0.313 e. The molecular formula is C16H15N3O6. The maximum atomic E-state index is 11.5. The lowest BCUT2D eigenvalue weighted by Gasteiger charge is -2.09. The Bertz CT molecular complexity index is 821. The predicted molar refractivity (Wildman–Crippen MR) is 90.0 cm³/mol. The van der Waals surface area contributed by atoms with Gasteiger partial charge in [0.15, 0.2) is 0 Å². The minimum absolute atomic E-state index is 0.107. The fourth-order valence-electron chi connectivity index (χ4n) is 2.07. The van der Waals surface area contributed by atoms with Gasteiger partial charge in [-0.2, -0.15) is 0 Å². The van der Waals surface area contributed by atoms with Gasteiger partial charge in [-0.05, 0) is 24.6 Å². The number of esters is 1. The highest BCUT2D eigenvalue weighted by atomic mass is 16.6. The molecule has 0 heterocycles. The van der Waals surface area contributed by atoms with Crippen LogP contribution in [0.5, 0.6) is 5.75 Å². The molecule has 1 N–H and O–H groups in total. The molecule has 2 aromatic rings. The Hall–Kier alpha value is -3.49. The molecule has 0 spiro atoms. The maximum Gasteiger partial charge on any atom is 0.313 e. The number of nitrogens with zero attached hydrogens (tertiary/aromatic N) is 2. The first kappa shape index (κ1) is 17.9. The van der Waals surface area contributed by atoms with E-state index in [0.717, 1.165) is 0 Å². The Labute approximate surface area is 142 Å². The number of hydrogen-bond donors (Lipinski definition) is 1. The highest BCUT2D eigenvalue weighted by Gasteiger charge is 2.19. The lowest BCUT2D eigenvalue weighted by molar-refractivity contribution is -0.385. The zero-order valence-corrected chi connectivity index (χ0v) is 13.3. The molecule has 130 valence electrons. The molecule has 2 aromatic carbocycles. The summed E-state index contributed by atoms with van der Waals surface area (Å²) >= 11 is 0. The molecule has 0 aliphatic carbocycles. The molecule has 0 amide bonds. The quantitative estimate of drug-likeness (QED) is 0.348. The van der Waals surface area contributed by atoms with E-state index in [4.69, 9.17) is 4.74 Å². The van der Waals surface area contributed by atoms with Crippen LogP contribution in [0.25, 0.3) is 0 Å². The number of carbonyl (C=O) groups is 1. The highest BCUT2D eigenvalue weighted by Crippen LogP contribution is 2.32. The van der Waals surface area contributed by atoms with Crippen molar-refractivity contribution in [2.75, 3.05) is 5.32 Å². The molecule has 9 heteroatoms. The number of benzene rings is 2. The van der Waals surface area contributed by atoms with Gasteiger partial charge in [0.05, 0.1) is 9.85 Å². The van der Waals surface area contributed by atoms with Crippen LogP contribution < -0.4 is 10.1 Å². The van der Waals surface area contributed by atoms with E-state index in [2.05, 4.69) is 5.32 Å². The van der Waals surface area contributed by atoms with Gasteiger partial charge in [0.2, 0.25) is 5.75 Å². The van der Waals surface area contributed by atoms with Crippen LogP contribution in [0.4, 0.5) is 22.7 Å². The van der Waals surface area contributed by atoms with E-state index in [1.165, 1.54) is 36.4 Å². The fourth-order valence-corrected chi connectivity index (χ4v) is 2.07. The maximum absolute atomic E-state index is 11.5. The van der Waals surface area contributed by atoms with Crippen molar-refractivity contribution in [2.24, 2.45) is 0 Å². The Morgan fingerprint density at radius 2 is 1.80 bits per heavy atom. The zero-order valence-electron chi connectivity index (χ0n) is 13.3. The van der Waals surface area contributed by atoms with Crippen LogP contribution in [0.1, 0.15) is 19.8 Å². The SMILES string of the molecule is CCCC(=O)Oc1ccc(Nc2cccc([N+](=O)[O-])c2)cc1[N+](=O)[O-]. The van der Waals surface area contributed by atoms with E-state index in [-0.39, 0.29) is 23.5 Å². The molecule has 0 radical (unpaired) electrons. The number of rotatable bonds is 7. The Morgan fingerprint density at radius 1 is 1.08 bits per heavy atom. The first-order valence-corrected chi connectivity index (χ1v) is 7.41. The number of nitrogens with one attached hydrogen (secondary N) is 1. The fraction of sp³-hybridized carbons (Fsp3) is 0.188. The van der Waals surface area contributed by atoms with Crippen LogP contribution in [-0.2, 0) is 4.79 Å². The lowest BCUT2D eigenvalue weighted by Crippen LogP contribution is -2.08. The van der Waals surface area contributed by atoms with E-state index in [1.54, 1.807) is 13.0 Å². The minimum atomic E-state index is -0.660. The second-order valence-corrected chi connectivity index (χ2v) is 5.10. The van der Waals surface area contributed by atoms with Crippen LogP contribution in [-0.4, -0.2) is 15.8 Å². The topological polar surface area (TPSA) is 125 Å². The van der Waals surface area contributed by atoms with Gasteiger partial charge in [0, 0.05) is 36.0 Å². The molecule has 0 saturated carbocycles. The summed E-state index contributed by atoms with van der Waals surface area (Å²) in [5, 5.41) is 24.8. The summed E-state index contributed by atoms with van der Waals surface area (Å²) in [7, 11) is 0. The Morgan fingerprint density at radius 3 is 2.44 bits per heavy atom. The van der Waals surface area contributed by atoms with Crippen molar-refractivity contribution < 1.29 is 19.4 Å². The second kappa shape index (κ2) is 7.86. The second-order valence-electron chi connectivity index (χ2n) is 5.10. The molecule has 0 atom stereocenters. The van der Waals surface area contributed by atoms with Crippen molar-refractivity contribution in [1.29, 1.82) is 0 Å². The molecule has 0 aromatic heterocycles. The predicted octanol–water partition coefficient (Wildman–Crippen LogP) is 3.95. The molecule has 25 heavy (non-hydrogen) atoms. The molecule has 2 rings (SSSR count). The third-order valence-corrected chi connectivity index (χ3v) is 3.18. The molecular weight excluding hydrogens is 330 g/mol. The summed E-state index contributed by atoms with van der Waals surface area (Å²) in [6.07, 6.45) is 0.726. The molecule has 0 aliphatic rings. The van der Waals surface area contributed by atoms with Gasteiger partial charge in [0.25, 0.3) is 5.69 Å². The van der Waals surface area contributed by atoms with Crippen molar-refractivity contribution in [3.05, 3.63) is 62.7 Å². The third kappa shape index (κ3) is 4.74. The van der Waals surface area contributed by atoms with Crippen molar-refractivity contribution in [1.82, 2.24) is 0 Å². The summed E-state index contributed by atoms with van der Waals surface area (Å²) in [5.74, 6) is -0.696.